The van der Waals surface area contributed by atoms with E-state index in [1.807, 2.05) is 30.3 Å². The van der Waals surface area contributed by atoms with E-state index in [9.17, 15) is 20.3 Å². The Labute approximate surface area is 166 Å². The molecule has 1 heterocycles. The van der Waals surface area contributed by atoms with Gasteiger partial charge < -0.3 is 10.2 Å². The first-order valence-corrected chi connectivity index (χ1v) is 9.38. The van der Waals surface area contributed by atoms with Crippen LogP contribution in [0, 0.1) is 11.3 Å². The van der Waals surface area contributed by atoms with Crippen molar-refractivity contribution in [3.05, 3.63) is 64.5 Å². The lowest BCUT2D eigenvalue weighted by Gasteiger charge is -2.02. The Morgan fingerprint density at radius 1 is 1.21 bits per heavy atom. The number of benzene rings is 2. The van der Waals surface area contributed by atoms with Crippen molar-refractivity contribution in [1.82, 2.24) is 4.98 Å². The molecule has 0 radical (unpaired) electrons. The molecule has 0 saturated carbocycles. The maximum Gasteiger partial charge on any atom is 0.268 e. The van der Waals surface area contributed by atoms with Gasteiger partial charge in [-0.25, -0.2) is 4.98 Å². The lowest BCUT2D eigenvalue weighted by molar-refractivity contribution is -0.112. The third kappa shape index (κ3) is 4.37. The molecule has 1 aromatic heterocycles. The van der Waals surface area contributed by atoms with Crippen molar-refractivity contribution in [3.8, 4) is 28.8 Å². The standard InChI is InChI=1S/C21H17N3O3S/c1-2-13-3-5-14(6-4-13)9-16(11-22)20(27)24-21-23-17(12-28-21)15-7-8-18(25)19(26)10-15/h3-10,12,25-26H,2H2,1H3,(H,23,24,27)/b16-9+. The molecule has 2 aromatic carbocycles. The van der Waals surface area contributed by atoms with Crippen LogP contribution in [0.1, 0.15) is 18.1 Å². The minimum atomic E-state index is -0.545. The average Bonchev–Trinajstić information content (AvgIpc) is 3.17. The smallest absolute Gasteiger partial charge is 0.268 e. The molecule has 0 saturated heterocycles. The number of carbonyl (C=O) groups is 1. The number of phenolic OH excluding ortho intramolecular Hbond substituents is 2. The van der Waals surface area contributed by atoms with Gasteiger partial charge >= 0.3 is 0 Å². The summed E-state index contributed by atoms with van der Waals surface area (Å²) in [5.74, 6) is -1.01. The molecule has 3 aromatic rings. The van der Waals surface area contributed by atoms with Crippen molar-refractivity contribution in [2.24, 2.45) is 0 Å². The fourth-order valence-corrected chi connectivity index (χ4v) is 3.19. The van der Waals surface area contributed by atoms with Crippen LogP contribution < -0.4 is 5.32 Å². The number of carbonyl (C=O) groups excluding carboxylic acids is 1. The van der Waals surface area contributed by atoms with Crippen LogP contribution in [0.2, 0.25) is 0 Å². The van der Waals surface area contributed by atoms with Crippen molar-refractivity contribution in [3.63, 3.8) is 0 Å². The Bertz CT molecular complexity index is 1080. The maximum atomic E-state index is 12.4. The van der Waals surface area contributed by atoms with E-state index in [2.05, 4.69) is 17.2 Å². The Balaban J connectivity index is 1.76. The van der Waals surface area contributed by atoms with Gasteiger partial charge in [-0.15, -0.1) is 11.3 Å². The molecule has 0 bridgehead atoms. The molecular weight excluding hydrogens is 374 g/mol. The number of nitrogens with one attached hydrogen (secondary N) is 1. The first kappa shape index (κ1) is 19.1. The molecule has 7 heteroatoms. The van der Waals surface area contributed by atoms with Gasteiger partial charge in [0.25, 0.3) is 5.91 Å². The fraction of sp³-hybridized carbons (Fsp3) is 0.0952. The highest BCUT2D eigenvalue weighted by Gasteiger charge is 2.13. The average molecular weight is 391 g/mol. The van der Waals surface area contributed by atoms with Crippen LogP contribution in [0.3, 0.4) is 0 Å². The molecule has 3 rings (SSSR count). The van der Waals surface area contributed by atoms with Crippen molar-refractivity contribution in [2.75, 3.05) is 5.32 Å². The summed E-state index contributed by atoms with van der Waals surface area (Å²) in [5, 5.41) is 33.0. The third-order valence-corrected chi connectivity index (χ3v) is 4.82. The number of nitriles is 1. The van der Waals surface area contributed by atoms with Gasteiger partial charge in [0.15, 0.2) is 16.6 Å². The molecular formula is C21H17N3O3S. The van der Waals surface area contributed by atoms with Gasteiger partial charge in [0.1, 0.15) is 11.6 Å². The van der Waals surface area contributed by atoms with Crippen LogP contribution in [-0.2, 0) is 11.2 Å². The lowest BCUT2D eigenvalue weighted by atomic mass is 10.1. The number of amides is 1. The molecule has 28 heavy (non-hydrogen) atoms. The highest BCUT2D eigenvalue weighted by molar-refractivity contribution is 7.14. The monoisotopic (exact) mass is 391 g/mol. The van der Waals surface area contributed by atoms with E-state index in [1.165, 1.54) is 35.1 Å². The molecule has 6 nitrogen and oxygen atoms in total. The zero-order valence-electron chi connectivity index (χ0n) is 15.0. The molecule has 0 aliphatic rings. The molecule has 140 valence electrons. The predicted octanol–water partition coefficient (Wildman–Crippen LogP) is 4.33. The third-order valence-electron chi connectivity index (χ3n) is 4.06. The minimum absolute atomic E-state index is 0.0247. The number of phenols is 2. The van der Waals surface area contributed by atoms with Crippen molar-refractivity contribution >= 4 is 28.5 Å². The summed E-state index contributed by atoms with van der Waals surface area (Å²) in [6.45, 7) is 2.06. The van der Waals surface area contributed by atoms with Crippen LogP contribution >= 0.6 is 11.3 Å². The molecule has 0 spiro atoms. The van der Waals surface area contributed by atoms with E-state index in [4.69, 9.17) is 0 Å². The second-order valence-corrected chi connectivity index (χ2v) is 6.82. The zero-order valence-corrected chi connectivity index (χ0v) is 15.8. The Hall–Kier alpha value is -3.63. The number of nitrogens with zero attached hydrogens (tertiary/aromatic N) is 2. The van der Waals surface area contributed by atoms with Crippen LogP contribution in [0.15, 0.2) is 53.4 Å². The lowest BCUT2D eigenvalue weighted by Crippen LogP contribution is -2.13. The zero-order chi connectivity index (χ0) is 20.1. The van der Waals surface area contributed by atoms with Crippen molar-refractivity contribution in [1.29, 1.82) is 5.26 Å². The summed E-state index contributed by atoms with van der Waals surface area (Å²) >= 11 is 1.20. The molecule has 0 atom stereocenters. The van der Waals surface area contributed by atoms with Crippen LogP contribution in [0.25, 0.3) is 17.3 Å². The van der Waals surface area contributed by atoms with E-state index in [1.54, 1.807) is 11.4 Å². The topological polar surface area (TPSA) is 106 Å². The number of rotatable bonds is 5. The van der Waals surface area contributed by atoms with Crippen LogP contribution in [0.5, 0.6) is 11.5 Å². The fourth-order valence-electron chi connectivity index (χ4n) is 2.48. The number of thiazole rings is 1. The number of aromatic nitrogens is 1. The number of anilines is 1. The number of hydrogen-bond acceptors (Lipinski definition) is 6. The molecule has 0 aliphatic heterocycles. The number of aryl methyl sites for hydroxylation is 1. The summed E-state index contributed by atoms with van der Waals surface area (Å²) in [4.78, 5) is 16.7. The Morgan fingerprint density at radius 2 is 1.96 bits per heavy atom. The van der Waals surface area contributed by atoms with E-state index >= 15 is 0 Å². The molecule has 0 unspecified atom stereocenters. The highest BCUT2D eigenvalue weighted by atomic mass is 32.1. The summed E-state index contributed by atoms with van der Waals surface area (Å²) in [5.41, 5.74) is 3.05. The molecule has 0 fully saturated rings. The van der Waals surface area contributed by atoms with Gasteiger partial charge in [-0.05, 0) is 41.8 Å². The van der Waals surface area contributed by atoms with E-state index < -0.39 is 5.91 Å². The van der Waals surface area contributed by atoms with E-state index in [0.29, 0.717) is 16.4 Å². The molecule has 1 amide bonds. The van der Waals surface area contributed by atoms with Gasteiger partial charge in [-0.3, -0.25) is 10.1 Å². The van der Waals surface area contributed by atoms with Gasteiger partial charge in [0.05, 0.1) is 5.69 Å². The Kier molecular flexibility index (Phi) is 5.72. The highest BCUT2D eigenvalue weighted by Crippen LogP contribution is 2.32. The first-order valence-electron chi connectivity index (χ1n) is 8.50. The predicted molar refractivity (Wildman–Crippen MR) is 109 cm³/mol. The summed E-state index contributed by atoms with van der Waals surface area (Å²) in [7, 11) is 0. The normalized spacial score (nSPS) is 11.1. The van der Waals surface area contributed by atoms with Gasteiger partial charge in [0.2, 0.25) is 0 Å². The van der Waals surface area contributed by atoms with Crippen LogP contribution in [-0.4, -0.2) is 21.1 Å². The summed E-state index contributed by atoms with van der Waals surface area (Å²) in [6.07, 6.45) is 2.45. The Morgan fingerprint density at radius 3 is 2.61 bits per heavy atom. The molecule has 3 N–H and O–H groups in total. The van der Waals surface area contributed by atoms with Gasteiger partial charge in [-0.2, -0.15) is 5.26 Å². The van der Waals surface area contributed by atoms with Crippen molar-refractivity contribution < 1.29 is 15.0 Å². The maximum absolute atomic E-state index is 12.4. The van der Waals surface area contributed by atoms with Gasteiger partial charge in [-0.1, -0.05) is 31.2 Å². The SMILES string of the molecule is CCc1ccc(/C=C(\C#N)C(=O)Nc2nc(-c3ccc(O)c(O)c3)cs2)cc1. The van der Waals surface area contributed by atoms with Crippen molar-refractivity contribution in [2.45, 2.75) is 13.3 Å². The molecule has 0 aliphatic carbocycles. The quantitative estimate of drug-likeness (QED) is 0.341. The number of hydrogen-bond donors (Lipinski definition) is 3. The summed E-state index contributed by atoms with van der Waals surface area (Å²) < 4.78 is 0. The minimum Gasteiger partial charge on any atom is -0.504 e. The van der Waals surface area contributed by atoms with E-state index in [-0.39, 0.29) is 17.1 Å². The second kappa shape index (κ2) is 8.37. The van der Waals surface area contributed by atoms with Gasteiger partial charge in [0, 0.05) is 10.9 Å². The largest absolute Gasteiger partial charge is 0.504 e. The second-order valence-electron chi connectivity index (χ2n) is 5.96. The van der Waals surface area contributed by atoms with Crippen LogP contribution in [0.4, 0.5) is 5.13 Å². The van der Waals surface area contributed by atoms with E-state index in [0.717, 1.165) is 12.0 Å². The summed E-state index contributed by atoms with van der Waals surface area (Å²) in [6, 6.07) is 13.9. The first-order chi connectivity index (χ1) is 13.5. The number of aromatic hydroxyl groups is 2.